The first-order valence-electron chi connectivity index (χ1n) is 8.19. The molecule has 2 rings (SSSR count). The van der Waals surface area contributed by atoms with Crippen molar-refractivity contribution in [3.8, 4) is 0 Å². The van der Waals surface area contributed by atoms with Crippen molar-refractivity contribution in [2.45, 2.75) is 19.5 Å². The fraction of sp³-hybridized carbons (Fsp3) is 0.421. The summed E-state index contributed by atoms with van der Waals surface area (Å²) in [4.78, 5) is 8.68. The molecule has 0 aliphatic rings. The molecule has 138 valence electrons. The lowest BCUT2D eigenvalue weighted by atomic mass is 10.1. The maximum atomic E-state index is 5.56. The maximum Gasteiger partial charge on any atom is 0.193 e. The van der Waals surface area contributed by atoms with Crippen LogP contribution in [0.15, 0.2) is 52.1 Å². The van der Waals surface area contributed by atoms with Crippen LogP contribution in [-0.4, -0.2) is 50.5 Å². The van der Waals surface area contributed by atoms with Crippen molar-refractivity contribution in [2.75, 3.05) is 34.7 Å². The van der Waals surface area contributed by atoms with E-state index >= 15 is 0 Å². The predicted octanol–water partition coefficient (Wildman–Crippen LogP) is 3.52. The minimum absolute atomic E-state index is 0. The maximum absolute atomic E-state index is 5.56. The van der Waals surface area contributed by atoms with E-state index in [1.54, 1.807) is 6.26 Å². The van der Waals surface area contributed by atoms with Crippen molar-refractivity contribution in [1.82, 2.24) is 15.1 Å². The van der Waals surface area contributed by atoms with Crippen LogP contribution >= 0.6 is 24.0 Å². The Labute approximate surface area is 168 Å². The lowest BCUT2D eigenvalue weighted by Crippen LogP contribution is -2.42. The summed E-state index contributed by atoms with van der Waals surface area (Å²) in [6.07, 6.45) is 1.71. The predicted molar refractivity (Wildman–Crippen MR) is 115 cm³/mol. The van der Waals surface area contributed by atoms with E-state index in [1.807, 2.05) is 19.2 Å². The molecule has 25 heavy (non-hydrogen) atoms. The molecule has 1 heterocycles. The number of nitrogens with one attached hydrogen (secondary N) is 1. The third-order valence-corrected chi connectivity index (χ3v) is 4.19. The lowest BCUT2D eigenvalue weighted by Gasteiger charge is -2.27. The molecule has 1 N–H and O–H groups in total. The van der Waals surface area contributed by atoms with Crippen LogP contribution in [0.25, 0.3) is 0 Å². The molecule has 0 bridgehead atoms. The number of benzene rings is 1. The van der Waals surface area contributed by atoms with Crippen LogP contribution in [0.4, 0.5) is 0 Å². The number of hydrogen-bond acceptors (Lipinski definition) is 3. The summed E-state index contributed by atoms with van der Waals surface area (Å²) in [6.45, 7) is 3.68. The number of likely N-dealkylation sites (N-methyl/N-ethyl adjacent to an activating group) is 1. The van der Waals surface area contributed by atoms with E-state index in [4.69, 9.17) is 4.42 Å². The van der Waals surface area contributed by atoms with Crippen LogP contribution < -0.4 is 5.32 Å². The molecule has 0 saturated heterocycles. The van der Waals surface area contributed by atoms with Gasteiger partial charge >= 0.3 is 0 Å². The number of aryl methyl sites for hydroxylation is 1. The summed E-state index contributed by atoms with van der Waals surface area (Å²) in [5, 5.41) is 3.45. The van der Waals surface area contributed by atoms with Gasteiger partial charge in [0.15, 0.2) is 5.96 Å². The molecule has 0 amide bonds. The number of aliphatic imine (C=N–C) groups is 1. The molecule has 0 fully saturated rings. The van der Waals surface area contributed by atoms with Crippen LogP contribution in [-0.2, 0) is 6.54 Å². The molecule has 0 radical (unpaired) electrons. The minimum atomic E-state index is 0. The van der Waals surface area contributed by atoms with Gasteiger partial charge in [0.1, 0.15) is 5.76 Å². The zero-order chi connectivity index (χ0) is 17.5. The Morgan fingerprint density at radius 1 is 1.16 bits per heavy atom. The summed E-state index contributed by atoms with van der Waals surface area (Å²) in [7, 11) is 7.97. The topological polar surface area (TPSA) is 44.0 Å². The molecule has 5 nitrogen and oxygen atoms in total. The van der Waals surface area contributed by atoms with Gasteiger partial charge < -0.3 is 14.6 Å². The van der Waals surface area contributed by atoms with Gasteiger partial charge in [-0.1, -0.05) is 24.3 Å². The Kier molecular flexibility index (Phi) is 8.99. The molecule has 0 aliphatic carbocycles. The molecule has 1 unspecified atom stereocenters. The Bertz CT molecular complexity index is 655. The molecule has 1 aromatic heterocycles. The lowest BCUT2D eigenvalue weighted by molar-refractivity contribution is 0.256. The summed E-state index contributed by atoms with van der Waals surface area (Å²) in [5.74, 6) is 1.82. The zero-order valence-corrected chi connectivity index (χ0v) is 18.0. The highest BCUT2D eigenvalue weighted by atomic mass is 127. The molecule has 0 saturated carbocycles. The normalized spacial score (nSPS) is 12.6. The van der Waals surface area contributed by atoms with Crippen LogP contribution in [0.5, 0.6) is 0 Å². The van der Waals surface area contributed by atoms with Crippen LogP contribution in [0.1, 0.15) is 22.9 Å². The Morgan fingerprint density at radius 2 is 1.88 bits per heavy atom. The van der Waals surface area contributed by atoms with Gasteiger partial charge in [-0.3, -0.25) is 9.89 Å². The summed E-state index contributed by atoms with van der Waals surface area (Å²) in [6, 6.07) is 12.5. The number of nitrogens with zero attached hydrogens (tertiary/aromatic N) is 3. The minimum Gasteiger partial charge on any atom is -0.468 e. The molecular weight excluding hydrogens is 427 g/mol. The van der Waals surface area contributed by atoms with E-state index in [-0.39, 0.29) is 30.0 Å². The summed E-state index contributed by atoms with van der Waals surface area (Å²) in [5.41, 5.74) is 2.60. The molecule has 0 spiro atoms. The first-order chi connectivity index (χ1) is 11.5. The van der Waals surface area contributed by atoms with E-state index in [1.165, 1.54) is 11.1 Å². The highest BCUT2D eigenvalue weighted by Crippen LogP contribution is 2.17. The second kappa shape index (κ2) is 10.5. The molecule has 2 aromatic rings. The van der Waals surface area contributed by atoms with Crippen molar-refractivity contribution >= 4 is 29.9 Å². The molecule has 0 aliphatic heterocycles. The summed E-state index contributed by atoms with van der Waals surface area (Å²) >= 11 is 0. The molecule has 1 atom stereocenters. The van der Waals surface area contributed by atoms with Gasteiger partial charge in [0.2, 0.25) is 0 Å². The number of halogens is 1. The SMILES string of the molecule is CN=C(NCC(c1ccco1)N(C)C)N(C)Cc1ccccc1C.I. The van der Waals surface area contributed by atoms with Crippen LogP contribution in [0.3, 0.4) is 0 Å². The number of furan rings is 1. The third-order valence-electron chi connectivity index (χ3n) is 4.19. The standard InChI is InChI=1S/C19H28N4O.HI/c1-15-9-6-7-10-16(15)14-23(5)19(20-2)21-13-17(22(3)4)18-11-8-12-24-18;/h6-12,17H,13-14H2,1-5H3,(H,20,21);1H. The Hall–Kier alpha value is -1.54. The van der Waals surface area contributed by atoms with Crippen molar-refractivity contribution in [3.63, 3.8) is 0 Å². The van der Waals surface area contributed by atoms with Gasteiger partial charge in [-0.2, -0.15) is 0 Å². The molecule has 1 aromatic carbocycles. The van der Waals surface area contributed by atoms with Crippen molar-refractivity contribution in [1.29, 1.82) is 0 Å². The van der Waals surface area contributed by atoms with Crippen molar-refractivity contribution in [2.24, 2.45) is 4.99 Å². The van der Waals surface area contributed by atoms with Crippen LogP contribution in [0.2, 0.25) is 0 Å². The Morgan fingerprint density at radius 3 is 2.44 bits per heavy atom. The van der Waals surface area contributed by atoms with E-state index < -0.39 is 0 Å². The molecular formula is C19H29IN4O. The van der Waals surface area contributed by atoms with Gasteiger partial charge in [-0.05, 0) is 44.3 Å². The number of guanidine groups is 1. The molecule has 6 heteroatoms. The fourth-order valence-electron chi connectivity index (χ4n) is 2.71. The van der Waals surface area contributed by atoms with Gasteiger partial charge in [-0.25, -0.2) is 0 Å². The van der Waals surface area contributed by atoms with Crippen molar-refractivity contribution < 1.29 is 4.42 Å². The number of hydrogen-bond donors (Lipinski definition) is 1. The van der Waals surface area contributed by atoms with Gasteiger partial charge in [-0.15, -0.1) is 24.0 Å². The highest BCUT2D eigenvalue weighted by molar-refractivity contribution is 14.0. The van der Waals surface area contributed by atoms with Crippen LogP contribution in [0, 0.1) is 6.92 Å². The number of rotatable bonds is 6. The van der Waals surface area contributed by atoms with E-state index in [2.05, 4.69) is 72.4 Å². The average Bonchev–Trinajstić information content (AvgIpc) is 3.07. The first-order valence-corrected chi connectivity index (χ1v) is 8.19. The Balaban J connectivity index is 0.00000312. The van der Waals surface area contributed by atoms with E-state index in [9.17, 15) is 0 Å². The van der Waals surface area contributed by atoms with Gasteiger partial charge in [0.25, 0.3) is 0 Å². The van der Waals surface area contributed by atoms with Crippen molar-refractivity contribution in [3.05, 3.63) is 59.5 Å². The quantitative estimate of drug-likeness (QED) is 0.411. The second-order valence-electron chi connectivity index (χ2n) is 6.21. The largest absolute Gasteiger partial charge is 0.468 e. The fourth-order valence-corrected chi connectivity index (χ4v) is 2.71. The monoisotopic (exact) mass is 456 g/mol. The highest BCUT2D eigenvalue weighted by Gasteiger charge is 2.18. The zero-order valence-electron chi connectivity index (χ0n) is 15.7. The average molecular weight is 456 g/mol. The van der Waals surface area contributed by atoms with E-state index in [0.717, 1.165) is 24.8 Å². The van der Waals surface area contributed by atoms with E-state index in [0.29, 0.717) is 0 Å². The van der Waals surface area contributed by atoms with Gasteiger partial charge in [0, 0.05) is 27.2 Å². The second-order valence-corrected chi connectivity index (χ2v) is 6.21. The summed E-state index contributed by atoms with van der Waals surface area (Å²) < 4.78 is 5.56. The first kappa shape index (κ1) is 21.5. The van der Waals surface area contributed by atoms with Gasteiger partial charge in [0.05, 0.1) is 12.3 Å². The smallest absolute Gasteiger partial charge is 0.193 e. The third kappa shape index (κ3) is 6.04.